The number of rotatable bonds is 4. The first kappa shape index (κ1) is 16.7. The van der Waals surface area contributed by atoms with Crippen molar-refractivity contribution < 1.29 is 4.79 Å². The molecule has 24 heavy (non-hydrogen) atoms. The molecule has 2 aromatic rings. The molecule has 2 atom stereocenters. The summed E-state index contributed by atoms with van der Waals surface area (Å²) >= 11 is 0. The summed E-state index contributed by atoms with van der Waals surface area (Å²) in [5.74, 6) is 0.180. The maximum absolute atomic E-state index is 13.2. The largest absolute Gasteiger partial charge is 0.339 e. The van der Waals surface area contributed by atoms with Gasteiger partial charge in [-0.2, -0.15) is 5.10 Å². The Morgan fingerprint density at radius 2 is 2.04 bits per heavy atom. The van der Waals surface area contributed by atoms with Crippen LogP contribution in [0.2, 0.25) is 0 Å². The van der Waals surface area contributed by atoms with E-state index in [1.54, 1.807) is 0 Å². The molecule has 128 valence electrons. The van der Waals surface area contributed by atoms with Gasteiger partial charge in [-0.3, -0.25) is 14.4 Å². The molecule has 3 rings (SSSR count). The predicted molar refractivity (Wildman–Crippen MR) is 94.7 cm³/mol. The van der Waals surface area contributed by atoms with Crippen LogP contribution in [-0.4, -0.2) is 52.7 Å². The Balaban J connectivity index is 1.77. The van der Waals surface area contributed by atoms with Gasteiger partial charge in [0.2, 0.25) is 5.91 Å². The van der Waals surface area contributed by atoms with Crippen LogP contribution in [0.15, 0.2) is 42.7 Å². The molecule has 5 nitrogen and oxygen atoms in total. The number of benzene rings is 1. The van der Waals surface area contributed by atoms with Crippen LogP contribution in [0.4, 0.5) is 0 Å². The maximum atomic E-state index is 13.2. The van der Waals surface area contributed by atoms with Gasteiger partial charge in [-0.05, 0) is 45.0 Å². The number of likely N-dealkylation sites (tertiary alicyclic amines) is 1. The van der Waals surface area contributed by atoms with Crippen LogP contribution in [-0.2, 0) is 4.79 Å². The van der Waals surface area contributed by atoms with Crippen LogP contribution >= 0.6 is 0 Å². The lowest BCUT2D eigenvalue weighted by Gasteiger charge is -2.36. The summed E-state index contributed by atoms with van der Waals surface area (Å²) in [6.07, 6.45) is 6.04. The van der Waals surface area contributed by atoms with Gasteiger partial charge >= 0.3 is 0 Å². The second-order valence-electron chi connectivity index (χ2n) is 6.85. The summed E-state index contributed by atoms with van der Waals surface area (Å²) in [5, 5.41) is 4.44. The molecule has 1 amide bonds. The van der Waals surface area contributed by atoms with Crippen LogP contribution in [0.25, 0.3) is 0 Å². The molecule has 0 N–H and O–H groups in total. The summed E-state index contributed by atoms with van der Waals surface area (Å²) in [6, 6.07) is 10.1. The van der Waals surface area contributed by atoms with Gasteiger partial charge in [-0.25, -0.2) is 0 Å². The van der Waals surface area contributed by atoms with Crippen molar-refractivity contribution in [2.75, 3.05) is 27.2 Å². The fraction of sp³-hybridized carbons (Fsp3) is 0.474. The standard InChI is InChI=1S/C19H26N4O/c1-15-12-20-23(13-15)17-10-7-11-22(14-17)19(24)18(21(2)3)16-8-5-4-6-9-16/h4-6,8-9,12-13,17-18H,7,10-11,14H2,1-3H3/t17-,18-/m1/s1. The zero-order chi connectivity index (χ0) is 17.1. The van der Waals surface area contributed by atoms with Crippen molar-refractivity contribution in [3.05, 3.63) is 53.9 Å². The third kappa shape index (κ3) is 3.51. The highest BCUT2D eigenvalue weighted by Gasteiger charge is 2.31. The first-order valence-electron chi connectivity index (χ1n) is 8.57. The maximum Gasteiger partial charge on any atom is 0.244 e. The van der Waals surface area contributed by atoms with Gasteiger partial charge in [0.05, 0.1) is 12.2 Å². The van der Waals surface area contributed by atoms with E-state index < -0.39 is 0 Å². The second-order valence-corrected chi connectivity index (χ2v) is 6.85. The van der Waals surface area contributed by atoms with E-state index in [4.69, 9.17) is 0 Å². The van der Waals surface area contributed by atoms with Crippen molar-refractivity contribution in [1.29, 1.82) is 0 Å². The van der Waals surface area contributed by atoms with Crippen LogP contribution < -0.4 is 0 Å². The number of nitrogens with zero attached hydrogens (tertiary/aromatic N) is 4. The Hall–Kier alpha value is -2.14. The monoisotopic (exact) mass is 326 g/mol. The number of carbonyl (C=O) groups excluding carboxylic acids is 1. The van der Waals surface area contributed by atoms with Gasteiger partial charge in [0.1, 0.15) is 6.04 Å². The lowest BCUT2D eigenvalue weighted by atomic mass is 10.0. The Kier molecular flexibility index (Phi) is 5.00. The lowest BCUT2D eigenvalue weighted by molar-refractivity contribution is -0.138. The second kappa shape index (κ2) is 7.18. The fourth-order valence-corrected chi connectivity index (χ4v) is 3.47. The average molecular weight is 326 g/mol. The van der Waals surface area contributed by atoms with Crippen LogP contribution in [0.5, 0.6) is 0 Å². The number of aryl methyl sites for hydroxylation is 1. The van der Waals surface area contributed by atoms with Gasteiger partial charge in [-0.1, -0.05) is 30.3 Å². The molecule has 1 fully saturated rings. The molecule has 0 spiro atoms. The van der Waals surface area contributed by atoms with Crippen molar-refractivity contribution in [1.82, 2.24) is 19.6 Å². The molecule has 0 aliphatic carbocycles. The van der Waals surface area contributed by atoms with Crippen molar-refractivity contribution in [3.63, 3.8) is 0 Å². The van der Waals surface area contributed by atoms with E-state index in [9.17, 15) is 4.79 Å². The first-order chi connectivity index (χ1) is 11.6. The van der Waals surface area contributed by atoms with Crippen LogP contribution in [0.3, 0.4) is 0 Å². The number of aromatic nitrogens is 2. The topological polar surface area (TPSA) is 41.4 Å². The van der Waals surface area contributed by atoms with E-state index in [-0.39, 0.29) is 18.0 Å². The van der Waals surface area contributed by atoms with Gasteiger partial charge in [-0.15, -0.1) is 0 Å². The number of piperidine rings is 1. The molecule has 0 radical (unpaired) electrons. The zero-order valence-electron chi connectivity index (χ0n) is 14.7. The summed E-state index contributed by atoms with van der Waals surface area (Å²) in [5.41, 5.74) is 2.21. The molecule has 2 heterocycles. The molecular weight excluding hydrogens is 300 g/mol. The SMILES string of the molecule is Cc1cnn([C@@H]2CCCN(C(=O)[C@@H](c3ccccc3)N(C)C)C2)c1. The number of likely N-dealkylation sites (N-methyl/N-ethyl adjacent to an activating group) is 1. The minimum atomic E-state index is -0.232. The normalized spacial score (nSPS) is 19.5. The number of hydrogen-bond donors (Lipinski definition) is 0. The Bertz CT molecular complexity index is 680. The summed E-state index contributed by atoms with van der Waals surface area (Å²) in [4.78, 5) is 17.2. The smallest absolute Gasteiger partial charge is 0.244 e. The molecule has 1 aromatic carbocycles. The van der Waals surface area contributed by atoms with Gasteiger partial charge < -0.3 is 4.90 Å². The third-order valence-electron chi connectivity index (χ3n) is 4.68. The Morgan fingerprint density at radius 3 is 2.67 bits per heavy atom. The molecule has 1 aliphatic rings. The predicted octanol–water partition coefficient (Wildman–Crippen LogP) is 2.66. The molecular formula is C19H26N4O. The molecule has 0 saturated carbocycles. The number of carbonyl (C=O) groups is 1. The van der Waals surface area contributed by atoms with E-state index in [0.717, 1.165) is 37.1 Å². The zero-order valence-corrected chi connectivity index (χ0v) is 14.7. The van der Waals surface area contributed by atoms with Crippen molar-refractivity contribution in [2.45, 2.75) is 31.8 Å². The average Bonchev–Trinajstić information content (AvgIpc) is 3.02. The van der Waals surface area contributed by atoms with Gasteiger partial charge in [0.15, 0.2) is 0 Å². The highest BCUT2D eigenvalue weighted by Crippen LogP contribution is 2.26. The minimum absolute atomic E-state index is 0.180. The van der Waals surface area contributed by atoms with Crippen molar-refractivity contribution >= 4 is 5.91 Å². The lowest BCUT2D eigenvalue weighted by Crippen LogP contribution is -2.46. The number of amides is 1. The summed E-state index contributed by atoms with van der Waals surface area (Å²) in [7, 11) is 3.93. The van der Waals surface area contributed by atoms with E-state index in [0.29, 0.717) is 0 Å². The Morgan fingerprint density at radius 1 is 1.29 bits per heavy atom. The molecule has 0 unspecified atom stereocenters. The highest BCUT2D eigenvalue weighted by molar-refractivity contribution is 5.83. The molecule has 1 saturated heterocycles. The van der Waals surface area contributed by atoms with E-state index in [2.05, 4.69) is 11.3 Å². The van der Waals surface area contributed by atoms with Gasteiger partial charge in [0, 0.05) is 19.3 Å². The van der Waals surface area contributed by atoms with E-state index in [1.165, 1.54) is 0 Å². The van der Waals surface area contributed by atoms with Crippen molar-refractivity contribution in [2.24, 2.45) is 0 Å². The van der Waals surface area contributed by atoms with Crippen LogP contribution in [0.1, 0.15) is 36.1 Å². The quantitative estimate of drug-likeness (QED) is 0.867. The fourth-order valence-electron chi connectivity index (χ4n) is 3.47. The van der Waals surface area contributed by atoms with E-state index >= 15 is 0 Å². The van der Waals surface area contributed by atoms with E-state index in [1.807, 2.05) is 72.0 Å². The first-order valence-corrected chi connectivity index (χ1v) is 8.57. The van der Waals surface area contributed by atoms with Crippen molar-refractivity contribution in [3.8, 4) is 0 Å². The molecule has 5 heteroatoms. The Labute approximate surface area is 143 Å². The summed E-state index contributed by atoms with van der Waals surface area (Å²) in [6.45, 7) is 3.61. The third-order valence-corrected chi connectivity index (χ3v) is 4.68. The van der Waals surface area contributed by atoms with Gasteiger partial charge in [0.25, 0.3) is 0 Å². The minimum Gasteiger partial charge on any atom is -0.339 e. The van der Waals surface area contributed by atoms with Crippen LogP contribution in [0, 0.1) is 6.92 Å². The highest BCUT2D eigenvalue weighted by atomic mass is 16.2. The number of hydrogen-bond acceptors (Lipinski definition) is 3. The molecule has 1 aromatic heterocycles. The summed E-state index contributed by atoms with van der Waals surface area (Å²) < 4.78 is 2.02. The molecule has 0 bridgehead atoms. The molecule has 1 aliphatic heterocycles.